The molecule has 1 saturated heterocycles. The second-order valence-electron chi connectivity index (χ2n) is 4.74. The summed E-state index contributed by atoms with van der Waals surface area (Å²) in [6, 6.07) is -0.837. The number of amides is 1. The second-order valence-corrected chi connectivity index (χ2v) is 6.97. The SMILES string of the molecule is CCC(C(=O)O)N(C)C(=O)CC1CCS(=O)(=O)C1. The summed E-state index contributed by atoms with van der Waals surface area (Å²) in [6.07, 6.45) is 0.936. The predicted molar refractivity (Wildman–Crippen MR) is 65.9 cm³/mol. The zero-order valence-corrected chi connectivity index (χ0v) is 11.4. The molecular weight excluding hydrogens is 258 g/mol. The van der Waals surface area contributed by atoms with Crippen LogP contribution in [0.2, 0.25) is 0 Å². The van der Waals surface area contributed by atoms with E-state index in [4.69, 9.17) is 5.11 Å². The zero-order chi connectivity index (χ0) is 13.9. The number of nitrogens with zero attached hydrogens (tertiary/aromatic N) is 1. The van der Waals surface area contributed by atoms with Gasteiger partial charge in [-0.15, -0.1) is 0 Å². The molecule has 2 atom stereocenters. The lowest BCUT2D eigenvalue weighted by Gasteiger charge is -2.24. The quantitative estimate of drug-likeness (QED) is 0.771. The molecule has 2 unspecified atom stereocenters. The number of sulfone groups is 1. The Balaban J connectivity index is 2.58. The molecule has 0 radical (unpaired) electrons. The molecule has 1 fully saturated rings. The van der Waals surface area contributed by atoms with Gasteiger partial charge in [0.15, 0.2) is 9.84 Å². The fraction of sp³-hybridized carbons (Fsp3) is 0.818. The number of hydrogen-bond donors (Lipinski definition) is 1. The molecular formula is C11H19NO5S. The summed E-state index contributed by atoms with van der Waals surface area (Å²) in [7, 11) is -1.54. The number of aliphatic carboxylic acids is 1. The van der Waals surface area contributed by atoms with Gasteiger partial charge in [-0.05, 0) is 18.8 Å². The maximum Gasteiger partial charge on any atom is 0.326 e. The summed E-state index contributed by atoms with van der Waals surface area (Å²) < 4.78 is 22.5. The van der Waals surface area contributed by atoms with Crippen LogP contribution < -0.4 is 0 Å². The molecule has 18 heavy (non-hydrogen) atoms. The highest BCUT2D eigenvalue weighted by atomic mass is 32.2. The standard InChI is InChI=1S/C11H19NO5S/c1-3-9(11(14)15)12(2)10(13)6-8-4-5-18(16,17)7-8/h8-9H,3-7H2,1-2H3,(H,14,15). The summed E-state index contributed by atoms with van der Waals surface area (Å²) in [4.78, 5) is 24.0. The van der Waals surface area contributed by atoms with Crippen molar-refractivity contribution in [3.8, 4) is 0 Å². The first-order valence-electron chi connectivity index (χ1n) is 5.95. The van der Waals surface area contributed by atoms with Crippen molar-refractivity contribution < 1.29 is 23.1 Å². The maximum absolute atomic E-state index is 11.9. The molecule has 0 spiro atoms. The number of carbonyl (C=O) groups is 2. The highest BCUT2D eigenvalue weighted by Gasteiger charge is 2.32. The Labute approximate surface area is 107 Å². The number of rotatable bonds is 5. The van der Waals surface area contributed by atoms with Crippen molar-refractivity contribution in [2.24, 2.45) is 5.92 Å². The average Bonchev–Trinajstić information content (AvgIpc) is 2.58. The number of carbonyl (C=O) groups excluding carboxylic acids is 1. The first kappa shape index (κ1) is 14.9. The lowest BCUT2D eigenvalue weighted by molar-refractivity contribution is -0.149. The topological polar surface area (TPSA) is 91.8 Å². The van der Waals surface area contributed by atoms with E-state index in [-0.39, 0.29) is 29.8 Å². The van der Waals surface area contributed by atoms with Gasteiger partial charge < -0.3 is 10.0 Å². The van der Waals surface area contributed by atoms with Crippen LogP contribution in [0.25, 0.3) is 0 Å². The Morgan fingerprint density at radius 2 is 2.06 bits per heavy atom. The van der Waals surface area contributed by atoms with Gasteiger partial charge in [0.25, 0.3) is 0 Å². The molecule has 1 amide bonds. The van der Waals surface area contributed by atoms with Crippen LogP contribution in [0.5, 0.6) is 0 Å². The summed E-state index contributed by atoms with van der Waals surface area (Å²) in [5, 5.41) is 8.95. The van der Waals surface area contributed by atoms with Gasteiger partial charge in [0.2, 0.25) is 5.91 Å². The average molecular weight is 277 g/mol. The van der Waals surface area contributed by atoms with Gasteiger partial charge in [0, 0.05) is 13.5 Å². The van der Waals surface area contributed by atoms with Crippen LogP contribution in [0.4, 0.5) is 0 Å². The predicted octanol–water partition coefficient (Wildman–Crippen LogP) is 0.133. The van der Waals surface area contributed by atoms with E-state index in [1.807, 2.05) is 0 Å². The highest BCUT2D eigenvalue weighted by Crippen LogP contribution is 2.22. The Hall–Kier alpha value is -1.11. The van der Waals surface area contributed by atoms with Crippen molar-refractivity contribution in [1.82, 2.24) is 4.90 Å². The zero-order valence-electron chi connectivity index (χ0n) is 10.6. The van der Waals surface area contributed by atoms with Gasteiger partial charge in [-0.2, -0.15) is 0 Å². The first-order valence-corrected chi connectivity index (χ1v) is 7.78. The van der Waals surface area contributed by atoms with Crippen molar-refractivity contribution in [1.29, 1.82) is 0 Å². The van der Waals surface area contributed by atoms with Crippen molar-refractivity contribution in [3.63, 3.8) is 0 Å². The molecule has 0 aromatic rings. The molecule has 104 valence electrons. The number of hydrogen-bond acceptors (Lipinski definition) is 4. The lowest BCUT2D eigenvalue weighted by Crippen LogP contribution is -2.42. The molecule has 0 saturated carbocycles. The van der Waals surface area contributed by atoms with Gasteiger partial charge in [-0.3, -0.25) is 4.79 Å². The fourth-order valence-electron chi connectivity index (χ4n) is 2.21. The fourth-order valence-corrected chi connectivity index (χ4v) is 4.07. The molecule has 6 nitrogen and oxygen atoms in total. The monoisotopic (exact) mass is 277 g/mol. The van der Waals surface area contributed by atoms with Crippen LogP contribution >= 0.6 is 0 Å². The molecule has 1 aliphatic rings. The molecule has 1 rings (SSSR count). The van der Waals surface area contributed by atoms with E-state index in [9.17, 15) is 18.0 Å². The number of likely N-dealkylation sites (N-methyl/N-ethyl adjacent to an activating group) is 1. The summed E-state index contributed by atoms with van der Waals surface area (Å²) in [6.45, 7) is 1.70. The molecule has 1 heterocycles. The minimum atomic E-state index is -3.00. The molecule has 7 heteroatoms. The molecule has 0 bridgehead atoms. The third-order valence-corrected chi connectivity index (χ3v) is 5.16. The van der Waals surface area contributed by atoms with E-state index in [1.165, 1.54) is 11.9 Å². The van der Waals surface area contributed by atoms with Crippen LogP contribution in [0.3, 0.4) is 0 Å². The van der Waals surface area contributed by atoms with E-state index in [0.29, 0.717) is 12.8 Å². The van der Waals surface area contributed by atoms with Gasteiger partial charge in [0.05, 0.1) is 11.5 Å². The minimum absolute atomic E-state index is 0.0381. The van der Waals surface area contributed by atoms with E-state index < -0.39 is 21.8 Å². The van der Waals surface area contributed by atoms with Gasteiger partial charge in [-0.1, -0.05) is 6.92 Å². The molecule has 0 aromatic carbocycles. The Morgan fingerprint density at radius 3 is 2.44 bits per heavy atom. The van der Waals surface area contributed by atoms with Crippen LogP contribution in [0, 0.1) is 5.92 Å². The lowest BCUT2D eigenvalue weighted by atomic mass is 10.0. The molecule has 0 aliphatic carbocycles. The van der Waals surface area contributed by atoms with Crippen molar-refractivity contribution in [2.45, 2.75) is 32.2 Å². The normalized spacial score (nSPS) is 23.6. The largest absolute Gasteiger partial charge is 0.480 e. The van der Waals surface area contributed by atoms with E-state index >= 15 is 0 Å². The molecule has 1 aliphatic heterocycles. The summed E-state index contributed by atoms with van der Waals surface area (Å²) >= 11 is 0. The van der Waals surface area contributed by atoms with E-state index in [2.05, 4.69) is 0 Å². The second kappa shape index (κ2) is 5.69. The highest BCUT2D eigenvalue weighted by molar-refractivity contribution is 7.91. The van der Waals surface area contributed by atoms with Gasteiger partial charge in [0.1, 0.15) is 6.04 Å². The Kier molecular flexibility index (Phi) is 4.72. The van der Waals surface area contributed by atoms with E-state index in [0.717, 1.165) is 0 Å². The maximum atomic E-state index is 11.9. The number of carboxylic acid groups (broad SMARTS) is 1. The summed E-state index contributed by atoms with van der Waals surface area (Å²) in [5.41, 5.74) is 0. The summed E-state index contributed by atoms with van der Waals surface area (Å²) in [5.74, 6) is -1.34. The van der Waals surface area contributed by atoms with Crippen molar-refractivity contribution in [3.05, 3.63) is 0 Å². The van der Waals surface area contributed by atoms with Gasteiger partial charge in [-0.25, -0.2) is 13.2 Å². The smallest absolute Gasteiger partial charge is 0.326 e. The minimum Gasteiger partial charge on any atom is -0.480 e. The Morgan fingerprint density at radius 1 is 1.44 bits per heavy atom. The Bertz CT molecular complexity index is 431. The van der Waals surface area contributed by atoms with Gasteiger partial charge >= 0.3 is 5.97 Å². The van der Waals surface area contributed by atoms with Crippen molar-refractivity contribution in [2.75, 3.05) is 18.6 Å². The van der Waals surface area contributed by atoms with Crippen molar-refractivity contribution >= 4 is 21.7 Å². The van der Waals surface area contributed by atoms with Crippen LogP contribution in [0.1, 0.15) is 26.2 Å². The molecule has 0 aromatic heterocycles. The van der Waals surface area contributed by atoms with E-state index in [1.54, 1.807) is 6.92 Å². The van der Waals surface area contributed by atoms with Crippen LogP contribution in [-0.2, 0) is 19.4 Å². The molecule has 1 N–H and O–H groups in total. The number of carboxylic acids is 1. The van der Waals surface area contributed by atoms with Crippen LogP contribution in [-0.4, -0.2) is 54.9 Å². The first-order chi connectivity index (χ1) is 8.26. The van der Waals surface area contributed by atoms with Crippen LogP contribution in [0.15, 0.2) is 0 Å². The third-order valence-electron chi connectivity index (χ3n) is 3.32. The third kappa shape index (κ3) is 3.69.